The van der Waals surface area contributed by atoms with E-state index >= 15 is 0 Å². The molecule has 0 spiro atoms. The summed E-state index contributed by atoms with van der Waals surface area (Å²) in [5.41, 5.74) is 0.635. The van der Waals surface area contributed by atoms with Crippen molar-refractivity contribution in [3.05, 3.63) is 64.5 Å². The highest BCUT2D eigenvalue weighted by Gasteiger charge is 2.21. The summed E-state index contributed by atoms with van der Waals surface area (Å²) in [5, 5.41) is -0.972. The Kier molecular flexibility index (Phi) is 4.23. The fraction of sp³-hybridized carbons (Fsp3) is 0.200. The molecule has 0 bridgehead atoms. The van der Waals surface area contributed by atoms with E-state index < -0.39 is 22.8 Å². The number of hydrogen-bond donors (Lipinski definition) is 0. The number of ether oxygens (including phenoxy) is 1. The summed E-state index contributed by atoms with van der Waals surface area (Å²) in [7, 11) is 1.41. The Morgan fingerprint density at radius 2 is 1.70 bits per heavy atom. The van der Waals surface area contributed by atoms with Crippen LogP contribution in [0.5, 0.6) is 5.75 Å². The van der Waals surface area contributed by atoms with Crippen LogP contribution in [0.4, 0.5) is 13.2 Å². The molecule has 0 aliphatic heterocycles. The lowest BCUT2D eigenvalue weighted by molar-refractivity contribution is 0.408. The number of rotatable bonds is 3. The first-order valence-electron chi connectivity index (χ1n) is 5.87. The molecule has 0 fully saturated rings. The number of benzene rings is 2. The van der Waals surface area contributed by atoms with E-state index in [1.54, 1.807) is 0 Å². The lowest BCUT2D eigenvalue weighted by Gasteiger charge is -2.16. The van der Waals surface area contributed by atoms with Gasteiger partial charge in [0.15, 0.2) is 0 Å². The Hall–Kier alpha value is -1.68. The highest BCUT2D eigenvalue weighted by atomic mass is 35.5. The van der Waals surface area contributed by atoms with Crippen molar-refractivity contribution in [2.75, 3.05) is 7.11 Å². The van der Waals surface area contributed by atoms with Gasteiger partial charge in [0, 0.05) is 17.2 Å². The van der Waals surface area contributed by atoms with E-state index in [4.69, 9.17) is 16.3 Å². The molecule has 0 N–H and O–H groups in total. The van der Waals surface area contributed by atoms with Crippen molar-refractivity contribution in [1.29, 1.82) is 0 Å². The van der Waals surface area contributed by atoms with Crippen molar-refractivity contribution in [3.63, 3.8) is 0 Å². The number of alkyl halides is 1. The summed E-state index contributed by atoms with van der Waals surface area (Å²) in [6.45, 7) is 1.50. The maximum atomic E-state index is 13.8. The van der Waals surface area contributed by atoms with E-state index in [9.17, 15) is 13.2 Å². The van der Waals surface area contributed by atoms with E-state index in [1.807, 2.05) is 0 Å². The highest BCUT2D eigenvalue weighted by Crippen LogP contribution is 2.37. The molecule has 20 heavy (non-hydrogen) atoms. The molecule has 106 valence electrons. The Morgan fingerprint density at radius 3 is 2.35 bits per heavy atom. The predicted molar refractivity (Wildman–Crippen MR) is 71.7 cm³/mol. The fourth-order valence-electron chi connectivity index (χ4n) is 1.94. The first kappa shape index (κ1) is 14.7. The van der Waals surface area contributed by atoms with E-state index in [0.717, 1.165) is 6.07 Å². The molecule has 0 aromatic heterocycles. The smallest absolute Gasteiger partial charge is 0.131 e. The predicted octanol–water partition coefficient (Wildman–Crippen LogP) is 4.75. The maximum Gasteiger partial charge on any atom is 0.131 e. The van der Waals surface area contributed by atoms with Gasteiger partial charge in [0.05, 0.1) is 12.5 Å². The molecule has 0 radical (unpaired) electrons. The quantitative estimate of drug-likeness (QED) is 0.743. The summed E-state index contributed by atoms with van der Waals surface area (Å²) in [5.74, 6) is -1.60. The largest absolute Gasteiger partial charge is 0.496 e. The molecule has 2 aromatic carbocycles. The minimum Gasteiger partial charge on any atom is -0.496 e. The van der Waals surface area contributed by atoms with Crippen LogP contribution in [0.2, 0.25) is 0 Å². The number of halogens is 4. The molecule has 0 saturated carbocycles. The van der Waals surface area contributed by atoms with Gasteiger partial charge in [0.2, 0.25) is 0 Å². The van der Waals surface area contributed by atoms with Crippen molar-refractivity contribution < 1.29 is 17.9 Å². The molecular weight excluding hydrogens is 289 g/mol. The SMILES string of the molecule is COc1ccc(F)cc1C(Cl)c1cc(C)c(F)cc1F. The monoisotopic (exact) mass is 300 g/mol. The second kappa shape index (κ2) is 5.75. The molecule has 0 amide bonds. The minimum atomic E-state index is -0.972. The zero-order chi connectivity index (χ0) is 14.9. The van der Waals surface area contributed by atoms with Crippen LogP contribution >= 0.6 is 11.6 Å². The molecule has 0 aliphatic carbocycles. The van der Waals surface area contributed by atoms with Crippen molar-refractivity contribution in [2.45, 2.75) is 12.3 Å². The van der Waals surface area contributed by atoms with Gasteiger partial charge in [-0.05, 0) is 36.8 Å². The third-order valence-corrected chi connectivity index (χ3v) is 3.49. The van der Waals surface area contributed by atoms with Crippen molar-refractivity contribution >= 4 is 11.6 Å². The van der Waals surface area contributed by atoms with Crippen LogP contribution in [-0.2, 0) is 0 Å². The Labute approximate surface area is 119 Å². The fourth-order valence-corrected chi connectivity index (χ4v) is 2.28. The van der Waals surface area contributed by atoms with Crippen molar-refractivity contribution in [2.24, 2.45) is 0 Å². The van der Waals surface area contributed by atoms with Gasteiger partial charge in [-0.15, -0.1) is 11.6 Å². The van der Waals surface area contributed by atoms with Gasteiger partial charge in [-0.3, -0.25) is 0 Å². The molecule has 2 rings (SSSR count). The normalized spacial score (nSPS) is 12.3. The average Bonchev–Trinajstić information content (AvgIpc) is 2.42. The summed E-state index contributed by atoms with van der Waals surface area (Å²) < 4.78 is 45.5. The van der Waals surface area contributed by atoms with Gasteiger partial charge in [0.1, 0.15) is 23.2 Å². The number of methoxy groups -OCH3 is 1. The van der Waals surface area contributed by atoms with Gasteiger partial charge < -0.3 is 4.74 Å². The van der Waals surface area contributed by atoms with Gasteiger partial charge in [0.25, 0.3) is 0 Å². The Morgan fingerprint density at radius 1 is 1.00 bits per heavy atom. The first-order valence-corrected chi connectivity index (χ1v) is 6.30. The van der Waals surface area contributed by atoms with E-state index in [-0.39, 0.29) is 11.1 Å². The van der Waals surface area contributed by atoms with E-state index in [0.29, 0.717) is 11.3 Å². The van der Waals surface area contributed by atoms with Gasteiger partial charge in [-0.1, -0.05) is 0 Å². The zero-order valence-corrected chi connectivity index (χ0v) is 11.6. The van der Waals surface area contributed by atoms with Crippen molar-refractivity contribution in [3.8, 4) is 5.75 Å². The Bertz CT molecular complexity index is 643. The molecule has 0 aliphatic rings. The molecule has 0 saturated heterocycles. The standard InChI is InChI=1S/C15H12ClF3O/c1-8-5-10(13(19)7-12(8)18)15(16)11-6-9(17)3-4-14(11)20-2/h3-7,15H,1-2H3. The Balaban J connectivity index is 2.54. The molecule has 1 nitrogen and oxygen atoms in total. The van der Waals surface area contributed by atoms with Gasteiger partial charge in [-0.2, -0.15) is 0 Å². The van der Waals surface area contributed by atoms with Gasteiger partial charge >= 0.3 is 0 Å². The summed E-state index contributed by atoms with van der Waals surface area (Å²) >= 11 is 6.21. The van der Waals surface area contributed by atoms with Crippen LogP contribution in [0, 0.1) is 24.4 Å². The average molecular weight is 301 g/mol. The third kappa shape index (κ3) is 2.75. The lowest BCUT2D eigenvalue weighted by Crippen LogP contribution is -2.02. The summed E-state index contributed by atoms with van der Waals surface area (Å²) in [4.78, 5) is 0. The van der Waals surface area contributed by atoms with Crippen LogP contribution < -0.4 is 4.74 Å². The van der Waals surface area contributed by atoms with Crippen LogP contribution in [0.25, 0.3) is 0 Å². The molecule has 2 aromatic rings. The van der Waals surface area contributed by atoms with Crippen LogP contribution in [0.1, 0.15) is 22.1 Å². The second-order valence-electron chi connectivity index (χ2n) is 4.37. The number of aryl methyl sites for hydroxylation is 1. The summed E-state index contributed by atoms with van der Waals surface area (Å²) in [6, 6.07) is 5.89. The number of hydrogen-bond acceptors (Lipinski definition) is 1. The lowest BCUT2D eigenvalue weighted by atomic mass is 10.0. The molecular formula is C15H12ClF3O. The third-order valence-electron chi connectivity index (χ3n) is 3.02. The molecule has 1 atom stereocenters. The minimum absolute atomic E-state index is 0.0782. The first-order chi connectivity index (χ1) is 9.43. The van der Waals surface area contributed by atoms with Gasteiger partial charge in [-0.25, -0.2) is 13.2 Å². The molecule has 5 heteroatoms. The zero-order valence-electron chi connectivity index (χ0n) is 10.9. The topological polar surface area (TPSA) is 9.23 Å². The summed E-state index contributed by atoms with van der Waals surface area (Å²) in [6.07, 6.45) is 0. The highest BCUT2D eigenvalue weighted by molar-refractivity contribution is 6.22. The van der Waals surface area contributed by atoms with Crippen LogP contribution in [-0.4, -0.2) is 7.11 Å². The maximum absolute atomic E-state index is 13.8. The van der Waals surface area contributed by atoms with E-state index in [2.05, 4.69) is 0 Å². The van der Waals surface area contributed by atoms with E-state index in [1.165, 1.54) is 38.3 Å². The van der Waals surface area contributed by atoms with Crippen LogP contribution in [0.3, 0.4) is 0 Å². The molecule has 0 heterocycles. The van der Waals surface area contributed by atoms with Crippen LogP contribution in [0.15, 0.2) is 30.3 Å². The molecule has 1 unspecified atom stereocenters. The van der Waals surface area contributed by atoms with Crippen molar-refractivity contribution in [1.82, 2.24) is 0 Å². The second-order valence-corrected chi connectivity index (χ2v) is 4.81.